The van der Waals surface area contributed by atoms with Crippen LogP contribution in [-0.4, -0.2) is 9.55 Å². The summed E-state index contributed by atoms with van der Waals surface area (Å²) >= 11 is 0. The number of hydrogen-bond acceptors (Lipinski definition) is 3. The van der Waals surface area contributed by atoms with Gasteiger partial charge in [0.25, 0.3) is 0 Å². The molecule has 0 atom stereocenters. The van der Waals surface area contributed by atoms with E-state index in [4.69, 9.17) is 16.5 Å². The fraction of sp³-hybridized carbons (Fsp3) is 0.320. The lowest BCUT2D eigenvalue weighted by Gasteiger charge is -2.26. The summed E-state index contributed by atoms with van der Waals surface area (Å²) in [4.78, 5) is 4.76. The van der Waals surface area contributed by atoms with Crippen LogP contribution in [0.1, 0.15) is 55.5 Å². The van der Waals surface area contributed by atoms with Crippen LogP contribution in [0.2, 0.25) is 0 Å². The minimum absolute atomic E-state index is 0.0868. The Labute approximate surface area is 174 Å². The zero-order valence-corrected chi connectivity index (χ0v) is 18.6. The van der Waals surface area contributed by atoms with Crippen LogP contribution in [0.5, 0.6) is 0 Å². The molecule has 29 heavy (non-hydrogen) atoms. The van der Waals surface area contributed by atoms with Crippen molar-refractivity contribution in [2.45, 2.75) is 53.9 Å². The molecule has 0 fully saturated rings. The third-order valence-electron chi connectivity index (χ3n) is 5.47. The second-order valence-corrected chi connectivity index (χ2v) is 8.92. The van der Waals surface area contributed by atoms with Gasteiger partial charge in [0.2, 0.25) is 0 Å². The van der Waals surface area contributed by atoms with Crippen LogP contribution in [-0.2, 0) is 5.41 Å². The molecule has 1 heterocycles. The number of benzene rings is 2. The van der Waals surface area contributed by atoms with Crippen molar-refractivity contribution in [3.63, 3.8) is 0 Å². The molecular weight excluding hydrogens is 356 g/mol. The van der Waals surface area contributed by atoms with Crippen LogP contribution in [0.15, 0.2) is 42.9 Å². The van der Waals surface area contributed by atoms with E-state index in [1.165, 1.54) is 22.3 Å². The van der Waals surface area contributed by atoms with Crippen LogP contribution >= 0.6 is 0 Å². The van der Waals surface area contributed by atoms with E-state index in [0.717, 1.165) is 28.2 Å². The molecule has 0 saturated heterocycles. The number of allylic oxidation sites excluding steroid dienone is 1. The van der Waals surface area contributed by atoms with Crippen LogP contribution < -0.4 is 11.5 Å². The van der Waals surface area contributed by atoms with Crippen molar-refractivity contribution < 1.29 is 0 Å². The van der Waals surface area contributed by atoms with E-state index in [-0.39, 0.29) is 5.41 Å². The molecule has 2 aromatic carbocycles. The van der Waals surface area contributed by atoms with Crippen LogP contribution in [0.4, 0.5) is 5.69 Å². The van der Waals surface area contributed by atoms with E-state index < -0.39 is 0 Å². The Balaban J connectivity index is 2.38. The summed E-state index contributed by atoms with van der Waals surface area (Å²) in [7, 11) is 0. The average Bonchev–Trinajstić information content (AvgIpc) is 3.07. The minimum atomic E-state index is -0.0868. The summed E-state index contributed by atoms with van der Waals surface area (Å²) in [5.74, 6) is 0.856. The molecule has 1 aromatic heterocycles. The van der Waals surface area contributed by atoms with Gasteiger partial charge in [-0.1, -0.05) is 50.6 Å². The second kappa shape index (κ2) is 7.43. The molecule has 152 valence electrons. The lowest BCUT2D eigenvalue weighted by molar-refractivity contribution is 0.591. The molecule has 4 nitrogen and oxygen atoms in total. The van der Waals surface area contributed by atoms with E-state index in [1.807, 2.05) is 19.3 Å². The molecule has 0 aliphatic heterocycles. The fourth-order valence-corrected chi connectivity index (χ4v) is 4.14. The number of anilines is 1. The van der Waals surface area contributed by atoms with Gasteiger partial charge in [-0.25, -0.2) is 4.98 Å². The number of nitrogens with zero attached hydrogens (tertiary/aromatic N) is 2. The van der Waals surface area contributed by atoms with E-state index in [0.29, 0.717) is 5.69 Å². The minimum Gasteiger partial charge on any atom is -0.404 e. The maximum Gasteiger partial charge on any atom is 0.146 e. The molecule has 0 bridgehead atoms. The number of imidazole rings is 1. The summed E-state index contributed by atoms with van der Waals surface area (Å²) in [6.07, 6.45) is 5.47. The first-order valence-electron chi connectivity index (χ1n) is 10.00. The van der Waals surface area contributed by atoms with E-state index >= 15 is 0 Å². The van der Waals surface area contributed by atoms with Crippen molar-refractivity contribution in [1.29, 1.82) is 0 Å². The fourth-order valence-electron chi connectivity index (χ4n) is 4.14. The third-order valence-corrected chi connectivity index (χ3v) is 5.47. The highest BCUT2D eigenvalue weighted by molar-refractivity contribution is 5.87. The van der Waals surface area contributed by atoms with Gasteiger partial charge in [0.05, 0.1) is 11.4 Å². The molecule has 0 aliphatic carbocycles. The van der Waals surface area contributed by atoms with E-state index in [2.05, 4.69) is 70.4 Å². The van der Waals surface area contributed by atoms with Crippen LogP contribution in [0.25, 0.3) is 22.6 Å². The Hall–Kier alpha value is -3.01. The highest BCUT2D eigenvalue weighted by Crippen LogP contribution is 2.41. The van der Waals surface area contributed by atoms with Crippen LogP contribution in [0, 0.1) is 20.8 Å². The number of nitrogen functional groups attached to an aromatic ring is 1. The van der Waals surface area contributed by atoms with Crippen molar-refractivity contribution in [2.24, 2.45) is 5.73 Å². The molecule has 0 aliphatic rings. The predicted molar refractivity (Wildman–Crippen MR) is 124 cm³/mol. The van der Waals surface area contributed by atoms with Crippen molar-refractivity contribution in [3.05, 3.63) is 70.7 Å². The predicted octanol–water partition coefficient (Wildman–Crippen LogP) is 5.66. The summed E-state index contributed by atoms with van der Waals surface area (Å²) in [5.41, 5.74) is 22.0. The molecule has 3 rings (SSSR count). The van der Waals surface area contributed by atoms with Crippen molar-refractivity contribution in [1.82, 2.24) is 9.55 Å². The summed E-state index contributed by atoms with van der Waals surface area (Å²) in [6, 6.07) is 8.63. The second-order valence-electron chi connectivity index (χ2n) is 8.92. The van der Waals surface area contributed by atoms with Gasteiger partial charge in [-0.05, 0) is 61.6 Å². The summed E-state index contributed by atoms with van der Waals surface area (Å²) in [6.45, 7) is 15.0. The van der Waals surface area contributed by atoms with Gasteiger partial charge in [-0.2, -0.15) is 0 Å². The maximum atomic E-state index is 6.75. The maximum absolute atomic E-state index is 6.75. The zero-order chi connectivity index (χ0) is 21.5. The zero-order valence-electron chi connectivity index (χ0n) is 18.6. The quantitative estimate of drug-likeness (QED) is 0.568. The lowest BCUT2D eigenvalue weighted by Crippen LogP contribution is -2.16. The smallest absolute Gasteiger partial charge is 0.146 e. The Morgan fingerprint density at radius 1 is 1.07 bits per heavy atom. The van der Waals surface area contributed by atoms with E-state index in [1.54, 1.807) is 6.20 Å². The standard InChI is InChI=1S/C25H32N4/c1-15-12-16(2)23(17(3)13-15)29-11-10-28-24(29)21-20(25(5,6)7)9-8-19(22(21)27)18(4)14-26/h8-14H,26-27H2,1-7H3/b18-14-. The van der Waals surface area contributed by atoms with Gasteiger partial charge in [0.1, 0.15) is 5.82 Å². The SMILES string of the molecule is C/C(=C/N)c1ccc(C(C)(C)C)c(-c2nccn2-c2c(C)cc(C)cc2C)c1N. The molecule has 0 radical (unpaired) electrons. The molecule has 0 spiro atoms. The first kappa shape index (κ1) is 20.7. The van der Waals surface area contributed by atoms with Gasteiger partial charge < -0.3 is 11.5 Å². The molecule has 4 heteroatoms. The molecule has 3 aromatic rings. The van der Waals surface area contributed by atoms with Gasteiger partial charge in [-0.3, -0.25) is 4.57 Å². The highest BCUT2D eigenvalue weighted by atomic mass is 15.1. The number of aryl methyl sites for hydroxylation is 3. The van der Waals surface area contributed by atoms with Gasteiger partial charge >= 0.3 is 0 Å². The molecule has 0 amide bonds. The largest absolute Gasteiger partial charge is 0.404 e. The third kappa shape index (κ3) is 3.67. The monoisotopic (exact) mass is 388 g/mol. The molecule has 4 N–H and O–H groups in total. The van der Waals surface area contributed by atoms with Gasteiger partial charge in [-0.15, -0.1) is 0 Å². The topological polar surface area (TPSA) is 69.9 Å². The number of aromatic nitrogens is 2. The molecule has 0 saturated carbocycles. The van der Waals surface area contributed by atoms with Gasteiger partial charge in [0.15, 0.2) is 0 Å². The first-order chi connectivity index (χ1) is 13.6. The Kier molecular flexibility index (Phi) is 5.31. The van der Waals surface area contributed by atoms with E-state index in [9.17, 15) is 0 Å². The molecule has 0 unspecified atom stereocenters. The number of nitrogens with two attached hydrogens (primary N) is 2. The highest BCUT2D eigenvalue weighted by Gasteiger charge is 2.26. The van der Waals surface area contributed by atoms with Gasteiger partial charge in [0, 0.05) is 23.5 Å². The van der Waals surface area contributed by atoms with Crippen molar-refractivity contribution in [3.8, 4) is 17.1 Å². The Morgan fingerprint density at radius 2 is 1.69 bits per heavy atom. The average molecular weight is 389 g/mol. The Morgan fingerprint density at radius 3 is 2.24 bits per heavy atom. The number of rotatable bonds is 3. The number of hydrogen-bond donors (Lipinski definition) is 2. The summed E-state index contributed by atoms with van der Waals surface area (Å²) < 4.78 is 2.16. The van der Waals surface area contributed by atoms with Crippen LogP contribution in [0.3, 0.4) is 0 Å². The van der Waals surface area contributed by atoms with Crippen molar-refractivity contribution >= 4 is 11.3 Å². The normalized spacial score (nSPS) is 12.4. The van der Waals surface area contributed by atoms with Crippen molar-refractivity contribution in [2.75, 3.05) is 5.73 Å². The lowest BCUT2D eigenvalue weighted by atomic mass is 9.81. The molecular formula is C25H32N4. The Bertz CT molecular complexity index is 1070. The first-order valence-corrected chi connectivity index (χ1v) is 10.00. The summed E-state index contributed by atoms with van der Waals surface area (Å²) in [5, 5.41) is 0.